The molecule has 7 heteroatoms. The van der Waals surface area contributed by atoms with Crippen molar-refractivity contribution in [3.63, 3.8) is 0 Å². The molecular formula is C10H15N5O2. The number of nitrogens with one attached hydrogen (secondary N) is 1. The van der Waals surface area contributed by atoms with Crippen LogP contribution in [0.15, 0.2) is 17.4 Å². The van der Waals surface area contributed by atoms with Gasteiger partial charge in [0.15, 0.2) is 11.7 Å². The number of carbonyl (C=O) groups is 1. The summed E-state index contributed by atoms with van der Waals surface area (Å²) < 4.78 is 1.59. The van der Waals surface area contributed by atoms with E-state index in [0.717, 1.165) is 6.42 Å². The molecule has 1 amide bonds. The van der Waals surface area contributed by atoms with Gasteiger partial charge in [0.2, 0.25) is 5.91 Å². The highest BCUT2D eigenvalue weighted by Gasteiger charge is 2.48. The first-order valence-electron chi connectivity index (χ1n) is 5.37. The third-order valence-electron chi connectivity index (χ3n) is 3.20. The standard InChI is InChI=1S/C10H15N5O2/c1-15-6-3-7(13-15)12-9(16)10(4-2-5-10)8(11)14-17/h3,6,17H,2,4-5H2,1H3,(H2,11,14)(H,12,13,16). The Bertz CT molecular complexity index is 461. The van der Waals surface area contributed by atoms with Crippen LogP contribution in [0.25, 0.3) is 0 Å². The number of rotatable bonds is 3. The number of nitrogens with two attached hydrogens (primary N) is 1. The summed E-state index contributed by atoms with van der Waals surface area (Å²) in [4.78, 5) is 12.1. The molecule has 0 radical (unpaired) electrons. The molecule has 2 rings (SSSR count). The Balaban J connectivity index is 2.14. The molecule has 1 saturated carbocycles. The molecule has 0 aliphatic heterocycles. The zero-order valence-corrected chi connectivity index (χ0v) is 9.55. The van der Waals surface area contributed by atoms with Crippen LogP contribution in [0.4, 0.5) is 5.82 Å². The number of amides is 1. The Hall–Kier alpha value is -2.05. The molecular weight excluding hydrogens is 222 g/mol. The fourth-order valence-electron chi connectivity index (χ4n) is 1.94. The molecule has 4 N–H and O–H groups in total. The second-order valence-electron chi connectivity index (χ2n) is 4.25. The van der Waals surface area contributed by atoms with E-state index in [1.807, 2.05) is 0 Å². The van der Waals surface area contributed by atoms with Gasteiger partial charge in [-0.1, -0.05) is 11.6 Å². The minimum absolute atomic E-state index is 0.0304. The third kappa shape index (κ3) is 1.83. The van der Waals surface area contributed by atoms with Crippen LogP contribution in [0.2, 0.25) is 0 Å². The molecule has 0 spiro atoms. The van der Waals surface area contributed by atoms with Gasteiger partial charge in [-0.2, -0.15) is 5.10 Å². The van der Waals surface area contributed by atoms with Crippen LogP contribution in [0.1, 0.15) is 19.3 Å². The Morgan fingerprint density at radius 3 is 2.82 bits per heavy atom. The molecule has 1 aliphatic rings. The smallest absolute Gasteiger partial charge is 0.239 e. The van der Waals surface area contributed by atoms with Gasteiger partial charge in [-0.25, -0.2) is 0 Å². The van der Waals surface area contributed by atoms with E-state index in [0.29, 0.717) is 18.7 Å². The van der Waals surface area contributed by atoms with E-state index in [1.165, 1.54) is 0 Å². The van der Waals surface area contributed by atoms with Crippen LogP contribution in [0.5, 0.6) is 0 Å². The summed E-state index contributed by atoms with van der Waals surface area (Å²) >= 11 is 0. The highest BCUT2D eigenvalue weighted by atomic mass is 16.4. The number of aromatic nitrogens is 2. The van der Waals surface area contributed by atoms with Crippen LogP contribution < -0.4 is 11.1 Å². The number of oxime groups is 1. The summed E-state index contributed by atoms with van der Waals surface area (Å²) in [5, 5.41) is 18.4. The van der Waals surface area contributed by atoms with E-state index >= 15 is 0 Å². The second-order valence-corrected chi connectivity index (χ2v) is 4.25. The predicted molar refractivity (Wildman–Crippen MR) is 61.5 cm³/mol. The monoisotopic (exact) mass is 237 g/mol. The van der Waals surface area contributed by atoms with E-state index < -0.39 is 5.41 Å². The van der Waals surface area contributed by atoms with Crippen LogP contribution >= 0.6 is 0 Å². The Kier molecular flexibility index (Phi) is 2.74. The largest absolute Gasteiger partial charge is 0.409 e. The van der Waals surface area contributed by atoms with Crippen LogP contribution in [-0.2, 0) is 11.8 Å². The van der Waals surface area contributed by atoms with Crippen molar-refractivity contribution in [2.45, 2.75) is 19.3 Å². The highest BCUT2D eigenvalue weighted by molar-refractivity contribution is 6.12. The van der Waals surface area contributed by atoms with E-state index in [-0.39, 0.29) is 11.7 Å². The zero-order chi connectivity index (χ0) is 12.5. The highest BCUT2D eigenvalue weighted by Crippen LogP contribution is 2.42. The maximum Gasteiger partial charge on any atom is 0.239 e. The molecule has 0 unspecified atom stereocenters. The quantitative estimate of drug-likeness (QED) is 0.304. The lowest BCUT2D eigenvalue weighted by Crippen LogP contribution is -2.51. The SMILES string of the molecule is Cn1ccc(NC(=O)C2(/C(N)=N/O)CCC2)n1. The first kappa shape index (κ1) is 11.4. The van der Waals surface area contributed by atoms with Crippen molar-refractivity contribution >= 4 is 17.6 Å². The fraction of sp³-hybridized carbons (Fsp3) is 0.500. The molecule has 1 heterocycles. The van der Waals surface area contributed by atoms with Gasteiger partial charge in [0.25, 0.3) is 0 Å². The second kappa shape index (κ2) is 4.08. The minimum Gasteiger partial charge on any atom is -0.409 e. The molecule has 0 bridgehead atoms. The number of hydrogen-bond acceptors (Lipinski definition) is 4. The molecule has 1 fully saturated rings. The minimum atomic E-state index is -0.869. The van der Waals surface area contributed by atoms with Crippen molar-refractivity contribution in [3.05, 3.63) is 12.3 Å². The van der Waals surface area contributed by atoms with Crippen molar-refractivity contribution < 1.29 is 10.0 Å². The lowest BCUT2D eigenvalue weighted by molar-refractivity contribution is -0.125. The molecule has 0 aromatic carbocycles. The van der Waals surface area contributed by atoms with Gasteiger partial charge in [0.05, 0.1) is 0 Å². The predicted octanol–water partition coefficient (Wildman–Crippen LogP) is 0.275. The van der Waals surface area contributed by atoms with Gasteiger partial charge in [-0.15, -0.1) is 0 Å². The maximum atomic E-state index is 12.1. The number of anilines is 1. The molecule has 1 aliphatic carbocycles. The van der Waals surface area contributed by atoms with Crippen molar-refractivity contribution in [2.24, 2.45) is 23.4 Å². The van der Waals surface area contributed by atoms with E-state index in [2.05, 4.69) is 15.6 Å². The van der Waals surface area contributed by atoms with Gasteiger partial charge in [0.1, 0.15) is 5.41 Å². The van der Waals surface area contributed by atoms with E-state index in [4.69, 9.17) is 10.9 Å². The molecule has 92 valence electrons. The maximum absolute atomic E-state index is 12.1. The molecule has 7 nitrogen and oxygen atoms in total. The average molecular weight is 237 g/mol. The van der Waals surface area contributed by atoms with Gasteiger partial charge >= 0.3 is 0 Å². The number of hydrogen-bond donors (Lipinski definition) is 3. The lowest BCUT2D eigenvalue weighted by atomic mass is 9.67. The molecule has 0 saturated heterocycles. The van der Waals surface area contributed by atoms with Crippen molar-refractivity contribution in [1.29, 1.82) is 0 Å². The molecule has 1 aromatic rings. The van der Waals surface area contributed by atoms with Gasteiger partial charge in [0, 0.05) is 19.3 Å². The summed E-state index contributed by atoms with van der Waals surface area (Å²) in [6.07, 6.45) is 3.82. The van der Waals surface area contributed by atoms with Crippen LogP contribution in [0.3, 0.4) is 0 Å². The number of amidine groups is 1. The van der Waals surface area contributed by atoms with Gasteiger partial charge in [-0.3, -0.25) is 9.48 Å². The lowest BCUT2D eigenvalue weighted by Gasteiger charge is -2.38. The first-order chi connectivity index (χ1) is 8.08. The zero-order valence-electron chi connectivity index (χ0n) is 9.55. The van der Waals surface area contributed by atoms with Gasteiger partial charge < -0.3 is 16.3 Å². The van der Waals surface area contributed by atoms with E-state index in [1.54, 1.807) is 24.0 Å². The number of carbonyl (C=O) groups excluding carboxylic acids is 1. The summed E-state index contributed by atoms with van der Waals surface area (Å²) in [7, 11) is 1.76. The van der Waals surface area contributed by atoms with Crippen molar-refractivity contribution in [1.82, 2.24) is 9.78 Å². The van der Waals surface area contributed by atoms with Crippen LogP contribution in [0, 0.1) is 5.41 Å². The summed E-state index contributed by atoms with van der Waals surface area (Å²) in [6.45, 7) is 0. The number of nitrogens with zero attached hydrogens (tertiary/aromatic N) is 3. The molecule has 1 aromatic heterocycles. The van der Waals surface area contributed by atoms with Crippen molar-refractivity contribution in [2.75, 3.05) is 5.32 Å². The van der Waals surface area contributed by atoms with Crippen LogP contribution in [-0.4, -0.2) is 26.7 Å². The Morgan fingerprint density at radius 1 is 1.71 bits per heavy atom. The molecule has 0 atom stereocenters. The average Bonchev–Trinajstić information content (AvgIpc) is 2.62. The van der Waals surface area contributed by atoms with E-state index in [9.17, 15) is 4.79 Å². The third-order valence-corrected chi connectivity index (χ3v) is 3.20. The first-order valence-corrected chi connectivity index (χ1v) is 5.37. The Labute approximate surface area is 98.3 Å². The summed E-state index contributed by atoms with van der Waals surface area (Å²) in [5.41, 5.74) is 4.72. The molecule has 17 heavy (non-hydrogen) atoms. The Morgan fingerprint density at radius 2 is 2.41 bits per heavy atom. The fourth-order valence-corrected chi connectivity index (χ4v) is 1.94. The topological polar surface area (TPSA) is 106 Å². The van der Waals surface area contributed by atoms with Crippen molar-refractivity contribution in [3.8, 4) is 0 Å². The summed E-state index contributed by atoms with van der Waals surface area (Å²) in [5.74, 6) is 0.171. The normalized spacial score (nSPS) is 18.5. The summed E-state index contributed by atoms with van der Waals surface area (Å²) in [6, 6.07) is 1.69. The van der Waals surface area contributed by atoms with Gasteiger partial charge in [-0.05, 0) is 12.8 Å². The number of aryl methyl sites for hydroxylation is 1.